The number of piperidine rings is 2. The Labute approximate surface area is 475 Å². The van der Waals surface area contributed by atoms with Gasteiger partial charge in [0, 0.05) is 52.4 Å². The highest BCUT2D eigenvalue weighted by molar-refractivity contribution is 5.92. The molecule has 5 saturated heterocycles. The molecule has 0 radical (unpaired) electrons. The number of amides is 6. The van der Waals surface area contributed by atoms with Gasteiger partial charge in [-0.15, -0.1) is 0 Å². The largest absolute Gasteiger partial charge is 0.468 e. The predicted molar refractivity (Wildman–Crippen MR) is 310 cm³/mol. The summed E-state index contributed by atoms with van der Waals surface area (Å²) in [5, 5.41) is 9.28. The van der Waals surface area contributed by atoms with Crippen molar-refractivity contribution in [1.29, 1.82) is 0 Å². The Kier molecular flexibility index (Phi) is 24.2. The normalized spacial score (nSPS) is 24.2. The van der Waals surface area contributed by atoms with Crippen molar-refractivity contribution in [2.45, 2.75) is 207 Å². The molecule has 1 aromatic rings. The summed E-state index contributed by atoms with van der Waals surface area (Å²) < 4.78 is 4.99. The molecule has 0 aromatic heterocycles. The van der Waals surface area contributed by atoms with Crippen molar-refractivity contribution >= 4 is 41.4 Å². The van der Waals surface area contributed by atoms with Crippen molar-refractivity contribution in [1.82, 2.24) is 50.2 Å². The van der Waals surface area contributed by atoms with Crippen LogP contribution in [0.4, 0.5) is 0 Å². The van der Waals surface area contributed by atoms with Gasteiger partial charge in [0.05, 0.1) is 25.2 Å². The van der Waals surface area contributed by atoms with E-state index in [4.69, 9.17) is 4.74 Å². The topological polar surface area (TPSA) is 187 Å². The first kappa shape index (κ1) is 65.2. The van der Waals surface area contributed by atoms with Crippen LogP contribution < -0.4 is 16.0 Å². The molecule has 5 fully saturated rings. The maximum atomic E-state index is 14.2. The first-order valence-corrected chi connectivity index (χ1v) is 29.9. The molecule has 5 aliphatic heterocycles. The minimum atomic E-state index is -0.669. The van der Waals surface area contributed by atoms with Crippen LogP contribution in [-0.2, 0) is 44.8 Å². The summed E-state index contributed by atoms with van der Waals surface area (Å²) in [7, 11) is 9.05. The van der Waals surface area contributed by atoms with Gasteiger partial charge in [-0.3, -0.25) is 53.2 Å². The Morgan fingerprint density at radius 3 is 1.41 bits per heavy atom. The molecular weight excluding hydrogens is 1000 g/mol. The summed E-state index contributed by atoms with van der Waals surface area (Å²) in [4.78, 5) is 108. The number of likely N-dealkylation sites (tertiary alicyclic amines) is 5. The lowest BCUT2D eigenvalue weighted by Gasteiger charge is -2.41. The van der Waals surface area contributed by atoms with Crippen molar-refractivity contribution < 1.29 is 38.3 Å². The number of nitrogens with one attached hydrogen (secondary N) is 3. The lowest BCUT2D eigenvalue weighted by molar-refractivity contribution is -0.147. The Bertz CT molecular complexity index is 2180. The number of hydrogen-bond acceptors (Lipinski definition) is 12. The number of rotatable bonds is 19. The molecule has 79 heavy (non-hydrogen) atoms. The highest BCUT2D eigenvalue weighted by atomic mass is 16.5. The Balaban J connectivity index is 0.000000308. The molecule has 0 spiro atoms. The van der Waals surface area contributed by atoms with Crippen LogP contribution in [0.2, 0.25) is 0 Å². The highest BCUT2D eigenvalue weighted by Crippen LogP contribution is 2.30. The lowest BCUT2D eigenvalue weighted by atomic mass is 9.84. The van der Waals surface area contributed by atoms with Gasteiger partial charge in [-0.25, -0.2) is 0 Å². The molecule has 1 aromatic carbocycles. The van der Waals surface area contributed by atoms with E-state index in [2.05, 4.69) is 63.2 Å². The number of ether oxygens (including phenoxy) is 1. The number of hydrogen-bond donors (Lipinski definition) is 3. The molecule has 446 valence electrons. The molecular formula is C61H104N10O8. The summed E-state index contributed by atoms with van der Waals surface area (Å²) in [6, 6.07) is 6.86. The maximum Gasteiger partial charge on any atom is 0.323 e. The predicted octanol–water partition coefficient (Wildman–Crippen LogP) is 5.38. The van der Waals surface area contributed by atoms with Gasteiger partial charge in [-0.1, -0.05) is 112 Å². The third-order valence-electron chi connectivity index (χ3n) is 17.7. The SMILES string of the molecule is CC(C)[C@@H](CN1CCC[C@H]1C(=O)N1CCCC1C(=O)NCc1ccccc1)N(C)C(=O)C(NC(=O)C1CCCCN1C)C(C)(C)C.COC(=O)[C@@H]1CCCN1C[C@H](C(C)C)N(C)C(=O)C(NC(=O)C1CCCCN1C)C(C)(C)C. The molecule has 6 rings (SSSR count). The second kappa shape index (κ2) is 29.4. The van der Waals surface area contributed by atoms with Crippen LogP contribution in [0.15, 0.2) is 30.3 Å². The van der Waals surface area contributed by atoms with E-state index in [9.17, 15) is 33.6 Å². The summed E-state index contributed by atoms with van der Waals surface area (Å²) >= 11 is 0. The average molecular weight is 1110 g/mol. The maximum absolute atomic E-state index is 14.2. The number of carbonyl (C=O) groups excluding carboxylic acids is 7. The Hall–Kier alpha value is -4.65. The van der Waals surface area contributed by atoms with Crippen LogP contribution in [-0.4, -0.2) is 211 Å². The molecule has 0 saturated carbocycles. The van der Waals surface area contributed by atoms with Crippen LogP contribution in [0.1, 0.15) is 152 Å². The summed E-state index contributed by atoms with van der Waals surface area (Å²) in [6.45, 7) is 25.9. The second-order valence-electron chi connectivity index (χ2n) is 26.3. The van der Waals surface area contributed by atoms with E-state index >= 15 is 0 Å². The van der Waals surface area contributed by atoms with Crippen LogP contribution >= 0.6 is 0 Å². The van der Waals surface area contributed by atoms with Gasteiger partial charge in [-0.2, -0.15) is 0 Å². The van der Waals surface area contributed by atoms with Gasteiger partial charge in [0.25, 0.3) is 0 Å². The highest BCUT2D eigenvalue weighted by Gasteiger charge is 2.45. The van der Waals surface area contributed by atoms with E-state index in [1.807, 2.05) is 100 Å². The van der Waals surface area contributed by atoms with E-state index in [1.54, 1.807) is 14.7 Å². The third kappa shape index (κ3) is 17.4. The molecule has 18 heteroatoms. The van der Waals surface area contributed by atoms with Gasteiger partial charge in [0.2, 0.25) is 35.4 Å². The molecule has 0 bridgehead atoms. The van der Waals surface area contributed by atoms with Gasteiger partial charge in [0.1, 0.15) is 24.2 Å². The zero-order valence-electron chi connectivity index (χ0n) is 51.3. The fourth-order valence-corrected chi connectivity index (χ4v) is 12.5. The minimum Gasteiger partial charge on any atom is -0.468 e. The van der Waals surface area contributed by atoms with Crippen LogP contribution in [0.25, 0.3) is 0 Å². The molecule has 6 amide bonds. The standard InChI is InChI=1S/C36H58N6O4.C25H46N4O4/c1-25(2)30(40(7)35(46)31(36(3,4)5)38-33(44)27-17-11-12-20-39(27)6)24-41-21-13-19-29(41)34(45)42-22-14-18-28(42)32(43)37-23-26-15-9-8-10-16-26;1-17(2)20(16-29-15-11-13-19(29)24(32)33-8)28(7)23(31)21(25(3,4)5)26-22(30)18-12-9-10-14-27(18)6/h8-10,15-16,25,27-31H,11-14,17-24H2,1-7H3,(H,37,43)(H,38,44);17-21H,9-16H2,1-8H3,(H,26,30)/t27?,28?,29-,30+,31?;18?,19-,20+,21?/m00/s1. The molecule has 5 unspecified atom stereocenters. The molecule has 5 heterocycles. The van der Waals surface area contributed by atoms with Crippen molar-refractivity contribution in [3.8, 4) is 0 Å². The molecule has 5 aliphatic rings. The van der Waals surface area contributed by atoms with Crippen LogP contribution in [0.5, 0.6) is 0 Å². The van der Waals surface area contributed by atoms with Gasteiger partial charge in [-0.05, 0) is 133 Å². The van der Waals surface area contributed by atoms with Crippen molar-refractivity contribution in [3.63, 3.8) is 0 Å². The van der Waals surface area contributed by atoms with E-state index in [-0.39, 0.29) is 89.5 Å². The van der Waals surface area contributed by atoms with Crippen molar-refractivity contribution in [2.24, 2.45) is 22.7 Å². The van der Waals surface area contributed by atoms with E-state index < -0.39 is 29.0 Å². The van der Waals surface area contributed by atoms with Crippen LogP contribution in [0, 0.1) is 22.7 Å². The zero-order chi connectivity index (χ0) is 58.5. The molecule has 0 aliphatic carbocycles. The fraction of sp³-hybridized carbons (Fsp3) is 0.787. The summed E-state index contributed by atoms with van der Waals surface area (Å²) in [5.41, 5.74) is 0.118. The molecule has 9 atom stereocenters. The number of likely N-dealkylation sites (N-methyl/N-ethyl adjacent to an activating group) is 4. The van der Waals surface area contributed by atoms with E-state index in [0.29, 0.717) is 32.6 Å². The monoisotopic (exact) mass is 1100 g/mol. The molecule has 18 nitrogen and oxygen atoms in total. The number of methoxy groups -OCH3 is 1. The van der Waals surface area contributed by atoms with Gasteiger partial charge < -0.3 is 35.4 Å². The van der Waals surface area contributed by atoms with E-state index in [1.165, 1.54) is 7.11 Å². The average Bonchev–Trinajstić information content (AvgIpc) is 4.22. The van der Waals surface area contributed by atoms with E-state index in [0.717, 1.165) is 102 Å². The van der Waals surface area contributed by atoms with Crippen molar-refractivity contribution in [3.05, 3.63) is 35.9 Å². The first-order valence-electron chi connectivity index (χ1n) is 29.9. The number of benzene rings is 1. The zero-order valence-corrected chi connectivity index (χ0v) is 51.3. The third-order valence-corrected chi connectivity index (χ3v) is 17.7. The smallest absolute Gasteiger partial charge is 0.323 e. The molecule has 3 N–H and O–H groups in total. The number of nitrogens with zero attached hydrogens (tertiary/aromatic N) is 7. The first-order chi connectivity index (χ1) is 37.2. The summed E-state index contributed by atoms with van der Waals surface area (Å²) in [6.07, 6.45) is 10.7. The fourth-order valence-electron chi connectivity index (χ4n) is 12.5. The van der Waals surface area contributed by atoms with Crippen LogP contribution in [0.3, 0.4) is 0 Å². The Morgan fingerprint density at radius 2 is 0.975 bits per heavy atom. The quantitative estimate of drug-likeness (QED) is 0.151. The Morgan fingerprint density at radius 1 is 0.557 bits per heavy atom. The minimum absolute atomic E-state index is 0.0165. The number of carbonyl (C=O) groups is 7. The lowest BCUT2D eigenvalue weighted by Crippen LogP contribution is -2.61. The second-order valence-corrected chi connectivity index (χ2v) is 26.3. The number of esters is 1. The van der Waals surface area contributed by atoms with Gasteiger partial charge in [0.15, 0.2) is 0 Å². The summed E-state index contributed by atoms with van der Waals surface area (Å²) in [5.74, 6) is -0.291. The van der Waals surface area contributed by atoms with Crippen molar-refractivity contribution in [2.75, 3.05) is 81.1 Å². The van der Waals surface area contributed by atoms with Gasteiger partial charge >= 0.3 is 5.97 Å².